The largest absolute Gasteiger partial charge is 0.312 e. The van der Waals surface area contributed by atoms with E-state index in [0.717, 1.165) is 19.4 Å². The minimum Gasteiger partial charge on any atom is -0.312 e. The van der Waals surface area contributed by atoms with Crippen molar-refractivity contribution < 1.29 is 0 Å². The molecule has 70 valence electrons. The SMILES string of the molecule is CCC(CC)NCC(C)(C)C#N. The molecule has 0 bridgehead atoms. The van der Waals surface area contributed by atoms with Crippen LogP contribution in [0.4, 0.5) is 0 Å². The summed E-state index contributed by atoms with van der Waals surface area (Å²) in [6.45, 7) is 9.04. The van der Waals surface area contributed by atoms with E-state index < -0.39 is 0 Å². The summed E-state index contributed by atoms with van der Waals surface area (Å²) in [5.74, 6) is 0. The van der Waals surface area contributed by atoms with Crippen molar-refractivity contribution in [3.8, 4) is 6.07 Å². The Morgan fingerprint density at radius 1 is 1.33 bits per heavy atom. The van der Waals surface area contributed by atoms with E-state index in [0.29, 0.717) is 6.04 Å². The lowest BCUT2D eigenvalue weighted by Crippen LogP contribution is -2.35. The van der Waals surface area contributed by atoms with Crippen molar-refractivity contribution in [2.75, 3.05) is 6.54 Å². The quantitative estimate of drug-likeness (QED) is 0.683. The van der Waals surface area contributed by atoms with Gasteiger partial charge in [0.05, 0.1) is 11.5 Å². The van der Waals surface area contributed by atoms with Gasteiger partial charge in [-0.2, -0.15) is 5.26 Å². The molecule has 0 aromatic carbocycles. The standard InChI is InChI=1S/C10H20N2/c1-5-9(6-2)12-8-10(3,4)7-11/h9,12H,5-6,8H2,1-4H3. The Balaban J connectivity index is 3.75. The van der Waals surface area contributed by atoms with E-state index in [9.17, 15) is 0 Å². The van der Waals surface area contributed by atoms with Crippen LogP contribution in [-0.4, -0.2) is 12.6 Å². The molecule has 2 heteroatoms. The van der Waals surface area contributed by atoms with Crippen molar-refractivity contribution >= 4 is 0 Å². The van der Waals surface area contributed by atoms with E-state index >= 15 is 0 Å². The van der Waals surface area contributed by atoms with Gasteiger partial charge in [-0.15, -0.1) is 0 Å². The molecule has 0 aromatic rings. The molecule has 0 amide bonds. The lowest BCUT2D eigenvalue weighted by Gasteiger charge is -2.21. The minimum atomic E-state index is -0.234. The summed E-state index contributed by atoms with van der Waals surface area (Å²) in [4.78, 5) is 0. The summed E-state index contributed by atoms with van der Waals surface area (Å²) >= 11 is 0. The second kappa shape index (κ2) is 5.16. The summed E-state index contributed by atoms with van der Waals surface area (Å²) in [7, 11) is 0. The maximum Gasteiger partial charge on any atom is 0.0697 e. The van der Waals surface area contributed by atoms with E-state index in [1.807, 2.05) is 13.8 Å². The highest BCUT2D eigenvalue weighted by Gasteiger charge is 2.17. The smallest absolute Gasteiger partial charge is 0.0697 e. The normalized spacial score (nSPS) is 11.7. The molecule has 0 aliphatic rings. The summed E-state index contributed by atoms with van der Waals surface area (Å²) in [6, 6.07) is 2.85. The van der Waals surface area contributed by atoms with Gasteiger partial charge in [-0.25, -0.2) is 0 Å². The lowest BCUT2D eigenvalue weighted by atomic mass is 9.95. The molecule has 0 saturated carbocycles. The van der Waals surface area contributed by atoms with Gasteiger partial charge < -0.3 is 5.32 Å². The molecule has 12 heavy (non-hydrogen) atoms. The monoisotopic (exact) mass is 168 g/mol. The minimum absolute atomic E-state index is 0.234. The molecule has 0 atom stereocenters. The van der Waals surface area contributed by atoms with Crippen molar-refractivity contribution in [1.82, 2.24) is 5.32 Å². The third kappa shape index (κ3) is 4.35. The van der Waals surface area contributed by atoms with E-state index in [2.05, 4.69) is 25.2 Å². The fraction of sp³-hybridized carbons (Fsp3) is 0.900. The van der Waals surface area contributed by atoms with Crippen LogP contribution in [0.2, 0.25) is 0 Å². The molecule has 0 rings (SSSR count). The maximum absolute atomic E-state index is 8.76. The zero-order valence-electron chi connectivity index (χ0n) is 8.65. The average Bonchev–Trinajstić information content (AvgIpc) is 2.06. The van der Waals surface area contributed by atoms with Gasteiger partial charge in [0.25, 0.3) is 0 Å². The number of nitrogens with zero attached hydrogens (tertiary/aromatic N) is 1. The Morgan fingerprint density at radius 2 is 1.83 bits per heavy atom. The molecule has 0 aliphatic carbocycles. The summed E-state index contributed by atoms with van der Waals surface area (Å²) in [6.07, 6.45) is 2.27. The van der Waals surface area contributed by atoms with Crippen LogP contribution in [0.5, 0.6) is 0 Å². The first-order valence-electron chi connectivity index (χ1n) is 4.70. The van der Waals surface area contributed by atoms with E-state index in [4.69, 9.17) is 5.26 Å². The van der Waals surface area contributed by atoms with E-state index in [-0.39, 0.29) is 5.41 Å². The third-order valence-electron chi connectivity index (χ3n) is 2.12. The van der Waals surface area contributed by atoms with Crippen molar-refractivity contribution in [1.29, 1.82) is 5.26 Å². The fourth-order valence-electron chi connectivity index (χ4n) is 1.02. The maximum atomic E-state index is 8.76. The van der Waals surface area contributed by atoms with Gasteiger partial charge in [-0.05, 0) is 26.7 Å². The van der Waals surface area contributed by atoms with Gasteiger partial charge in [0.2, 0.25) is 0 Å². The van der Waals surface area contributed by atoms with Crippen LogP contribution < -0.4 is 5.32 Å². The molecule has 0 spiro atoms. The van der Waals surface area contributed by atoms with Crippen LogP contribution in [0.1, 0.15) is 40.5 Å². The van der Waals surface area contributed by atoms with Crippen LogP contribution in [0, 0.1) is 16.7 Å². The summed E-state index contributed by atoms with van der Waals surface area (Å²) in [5, 5.41) is 12.2. The van der Waals surface area contributed by atoms with Crippen molar-refractivity contribution in [3.63, 3.8) is 0 Å². The molecule has 0 aliphatic heterocycles. The Labute approximate surface area is 76.0 Å². The first-order chi connectivity index (χ1) is 5.55. The zero-order valence-corrected chi connectivity index (χ0v) is 8.65. The highest BCUT2D eigenvalue weighted by molar-refractivity contribution is 4.93. The molecule has 0 heterocycles. The van der Waals surface area contributed by atoms with Gasteiger partial charge in [-0.1, -0.05) is 13.8 Å². The molecule has 2 nitrogen and oxygen atoms in total. The van der Waals surface area contributed by atoms with E-state index in [1.165, 1.54) is 0 Å². The van der Waals surface area contributed by atoms with Crippen LogP contribution >= 0.6 is 0 Å². The Kier molecular flexibility index (Phi) is 4.92. The van der Waals surface area contributed by atoms with Crippen molar-refractivity contribution in [2.24, 2.45) is 5.41 Å². The highest BCUT2D eigenvalue weighted by Crippen LogP contribution is 2.11. The predicted octanol–water partition coefficient (Wildman–Crippen LogP) is 2.31. The van der Waals surface area contributed by atoms with Crippen LogP contribution in [-0.2, 0) is 0 Å². The predicted molar refractivity (Wildman–Crippen MR) is 51.8 cm³/mol. The first kappa shape index (κ1) is 11.4. The highest BCUT2D eigenvalue weighted by atomic mass is 14.9. The van der Waals surface area contributed by atoms with Crippen molar-refractivity contribution in [3.05, 3.63) is 0 Å². The number of hydrogen-bond donors (Lipinski definition) is 1. The van der Waals surface area contributed by atoms with Crippen LogP contribution in [0.25, 0.3) is 0 Å². The number of nitrogens with one attached hydrogen (secondary N) is 1. The topological polar surface area (TPSA) is 35.8 Å². The third-order valence-corrected chi connectivity index (χ3v) is 2.12. The average molecular weight is 168 g/mol. The van der Waals surface area contributed by atoms with E-state index in [1.54, 1.807) is 0 Å². The number of hydrogen-bond acceptors (Lipinski definition) is 2. The fourth-order valence-corrected chi connectivity index (χ4v) is 1.02. The molecule has 1 N–H and O–H groups in total. The summed E-state index contributed by atoms with van der Waals surface area (Å²) in [5.41, 5.74) is -0.234. The van der Waals surface area contributed by atoms with Gasteiger partial charge in [0.15, 0.2) is 0 Å². The Hall–Kier alpha value is -0.550. The number of rotatable bonds is 5. The van der Waals surface area contributed by atoms with Gasteiger partial charge in [-0.3, -0.25) is 0 Å². The Bertz CT molecular complexity index is 152. The van der Waals surface area contributed by atoms with Gasteiger partial charge in [0.1, 0.15) is 0 Å². The molecule has 0 unspecified atom stereocenters. The summed E-state index contributed by atoms with van der Waals surface area (Å²) < 4.78 is 0. The van der Waals surface area contributed by atoms with Gasteiger partial charge >= 0.3 is 0 Å². The first-order valence-corrected chi connectivity index (χ1v) is 4.70. The number of nitriles is 1. The zero-order chi connectivity index (χ0) is 9.61. The second-order valence-electron chi connectivity index (χ2n) is 3.89. The van der Waals surface area contributed by atoms with Crippen molar-refractivity contribution in [2.45, 2.75) is 46.6 Å². The van der Waals surface area contributed by atoms with Crippen LogP contribution in [0.15, 0.2) is 0 Å². The lowest BCUT2D eigenvalue weighted by molar-refractivity contribution is 0.387. The Morgan fingerprint density at radius 3 is 2.17 bits per heavy atom. The van der Waals surface area contributed by atoms with Gasteiger partial charge in [0, 0.05) is 12.6 Å². The molecule has 0 fully saturated rings. The van der Waals surface area contributed by atoms with Crippen LogP contribution in [0.3, 0.4) is 0 Å². The molecule has 0 aromatic heterocycles. The molecule has 0 radical (unpaired) electrons. The molecular weight excluding hydrogens is 148 g/mol. The molecular formula is C10H20N2. The molecule has 0 saturated heterocycles. The second-order valence-corrected chi connectivity index (χ2v) is 3.89.